The highest BCUT2D eigenvalue weighted by molar-refractivity contribution is 6.02. The Balaban J connectivity index is 2.67. The summed E-state index contributed by atoms with van der Waals surface area (Å²) in [4.78, 5) is 12.2. The predicted molar refractivity (Wildman–Crippen MR) is 71.4 cm³/mol. The molecule has 1 aliphatic rings. The van der Waals surface area contributed by atoms with Crippen LogP contribution in [-0.4, -0.2) is 23.0 Å². The van der Waals surface area contributed by atoms with E-state index < -0.39 is 5.92 Å². The van der Waals surface area contributed by atoms with E-state index in [-0.39, 0.29) is 23.2 Å². The fourth-order valence-corrected chi connectivity index (χ4v) is 2.64. The summed E-state index contributed by atoms with van der Waals surface area (Å²) in [5.41, 5.74) is 5.72. The van der Waals surface area contributed by atoms with Gasteiger partial charge in [0.1, 0.15) is 0 Å². The Hall–Kier alpha value is -1.26. The first-order valence-electron chi connectivity index (χ1n) is 6.70. The average molecular weight is 255 g/mol. The predicted octanol–water partition coefficient (Wildman–Crippen LogP) is 1.84. The van der Waals surface area contributed by atoms with Crippen LogP contribution in [0.1, 0.15) is 52.9 Å². The molecule has 2 atom stereocenters. The molecule has 0 spiro atoms. The lowest BCUT2D eigenvalue weighted by Crippen LogP contribution is -2.47. The van der Waals surface area contributed by atoms with Gasteiger partial charge in [-0.05, 0) is 24.7 Å². The van der Waals surface area contributed by atoms with E-state index >= 15 is 0 Å². The van der Waals surface area contributed by atoms with E-state index in [1.54, 1.807) is 0 Å². The molecule has 1 aliphatic carbocycles. The highest BCUT2D eigenvalue weighted by atomic mass is 16.4. The molecule has 5 nitrogen and oxygen atoms in total. The summed E-state index contributed by atoms with van der Waals surface area (Å²) >= 11 is 0. The molecule has 0 bridgehead atoms. The Bertz CT molecular complexity index is 326. The Morgan fingerprint density at radius 2 is 2.28 bits per heavy atom. The van der Waals surface area contributed by atoms with E-state index in [0.717, 1.165) is 25.7 Å². The van der Waals surface area contributed by atoms with Crippen LogP contribution in [0.3, 0.4) is 0 Å². The van der Waals surface area contributed by atoms with Crippen molar-refractivity contribution in [3.63, 3.8) is 0 Å². The third-order valence-electron chi connectivity index (χ3n) is 3.94. The number of hydrogen-bond acceptors (Lipinski definition) is 3. The van der Waals surface area contributed by atoms with Crippen molar-refractivity contribution in [3.05, 3.63) is 0 Å². The molecule has 0 heterocycles. The third kappa shape index (κ3) is 3.37. The van der Waals surface area contributed by atoms with E-state index in [9.17, 15) is 4.79 Å². The molecule has 104 valence electrons. The zero-order valence-electron chi connectivity index (χ0n) is 11.6. The summed E-state index contributed by atoms with van der Waals surface area (Å²) in [6.07, 6.45) is 4.70. The van der Waals surface area contributed by atoms with Gasteiger partial charge < -0.3 is 16.3 Å². The van der Waals surface area contributed by atoms with Gasteiger partial charge in [0.25, 0.3) is 0 Å². The highest BCUT2D eigenvalue weighted by Crippen LogP contribution is 2.37. The van der Waals surface area contributed by atoms with E-state index in [4.69, 9.17) is 10.9 Å². The average Bonchev–Trinajstić information content (AvgIpc) is 2.64. The zero-order valence-corrected chi connectivity index (χ0v) is 11.6. The number of oxime groups is 1. The van der Waals surface area contributed by atoms with Crippen molar-refractivity contribution in [1.29, 1.82) is 0 Å². The third-order valence-corrected chi connectivity index (χ3v) is 3.94. The van der Waals surface area contributed by atoms with Gasteiger partial charge in [0.15, 0.2) is 5.84 Å². The molecule has 0 radical (unpaired) electrons. The van der Waals surface area contributed by atoms with Crippen LogP contribution in [0.5, 0.6) is 0 Å². The number of hydrogen-bond donors (Lipinski definition) is 3. The van der Waals surface area contributed by atoms with Crippen molar-refractivity contribution in [1.82, 2.24) is 5.32 Å². The number of carbonyl (C=O) groups excluding carboxylic acids is 1. The van der Waals surface area contributed by atoms with Gasteiger partial charge in [0, 0.05) is 6.04 Å². The summed E-state index contributed by atoms with van der Waals surface area (Å²) in [6.45, 7) is 6.32. The topological polar surface area (TPSA) is 87.7 Å². The maximum absolute atomic E-state index is 12.2. The minimum absolute atomic E-state index is 0.00477. The summed E-state index contributed by atoms with van der Waals surface area (Å²) < 4.78 is 0. The number of amidine groups is 1. The molecular formula is C13H25N3O2. The summed E-state index contributed by atoms with van der Waals surface area (Å²) in [5, 5.41) is 14.8. The molecule has 1 fully saturated rings. The molecule has 0 aromatic carbocycles. The van der Waals surface area contributed by atoms with Crippen molar-refractivity contribution in [2.75, 3.05) is 0 Å². The van der Waals surface area contributed by atoms with E-state index in [1.807, 2.05) is 6.92 Å². The summed E-state index contributed by atoms with van der Waals surface area (Å²) in [6, 6.07) is 0.191. The van der Waals surface area contributed by atoms with Gasteiger partial charge in [0.05, 0.1) is 5.92 Å². The van der Waals surface area contributed by atoms with Gasteiger partial charge in [-0.25, -0.2) is 0 Å². The van der Waals surface area contributed by atoms with Crippen LogP contribution < -0.4 is 11.1 Å². The lowest BCUT2D eigenvalue weighted by molar-refractivity contribution is -0.124. The maximum Gasteiger partial charge on any atom is 0.231 e. The van der Waals surface area contributed by atoms with Crippen molar-refractivity contribution in [3.8, 4) is 0 Å². The highest BCUT2D eigenvalue weighted by Gasteiger charge is 2.36. The Morgan fingerprint density at radius 1 is 1.61 bits per heavy atom. The van der Waals surface area contributed by atoms with Crippen LogP contribution in [0.15, 0.2) is 5.16 Å². The second-order valence-electron chi connectivity index (χ2n) is 5.81. The van der Waals surface area contributed by atoms with E-state index in [0.29, 0.717) is 6.42 Å². The lowest BCUT2D eigenvalue weighted by atomic mass is 9.87. The second kappa shape index (κ2) is 6.07. The van der Waals surface area contributed by atoms with Crippen molar-refractivity contribution < 1.29 is 10.0 Å². The molecule has 0 aromatic rings. The fraction of sp³-hybridized carbons (Fsp3) is 0.846. The molecule has 4 N–H and O–H groups in total. The van der Waals surface area contributed by atoms with Crippen LogP contribution in [0.4, 0.5) is 0 Å². The maximum atomic E-state index is 12.2. The van der Waals surface area contributed by atoms with Gasteiger partial charge in [-0.3, -0.25) is 4.79 Å². The van der Waals surface area contributed by atoms with Crippen LogP contribution in [0.2, 0.25) is 0 Å². The Labute approximate surface area is 109 Å². The number of nitrogens with zero attached hydrogens (tertiary/aromatic N) is 1. The molecule has 0 aliphatic heterocycles. The van der Waals surface area contributed by atoms with Crippen LogP contribution in [0.25, 0.3) is 0 Å². The number of nitrogens with two attached hydrogens (primary N) is 1. The van der Waals surface area contributed by atoms with Crippen LogP contribution >= 0.6 is 0 Å². The van der Waals surface area contributed by atoms with Crippen LogP contribution in [-0.2, 0) is 4.79 Å². The Kier molecular flexibility index (Phi) is 4.99. The van der Waals surface area contributed by atoms with Gasteiger partial charge in [-0.15, -0.1) is 0 Å². The second-order valence-corrected chi connectivity index (χ2v) is 5.81. The van der Waals surface area contributed by atoms with Crippen molar-refractivity contribution in [2.24, 2.45) is 22.2 Å². The smallest absolute Gasteiger partial charge is 0.231 e. The summed E-state index contributed by atoms with van der Waals surface area (Å²) in [7, 11) is 0. The quantitative estimate of drug-likeness (QED) is 0.303. The molecule has 1 amide bonds. The number of nitrogens with one attached hydrogen (secondary N) is 1. The van der Waals surface area contributed by atoms with Gasteiger partial charge in [-0.1, -0.05) is 38.8 Å². The minimum Gasteiger partial charge on any atom is -0.409 e. The molecule has 1 saturated carbocycles. The van der Waals surface area contributed by atoms with Crippen molar-refractivity contribution in [2.45, 2.75) is 58.9 Å². The Morgan fingerprint density at radius 3 is 2.72 bits per heavy atom. The minimum atomic E-state index is -0.517. The first-order valence-corrected chi connectivity index (χ1v) is 6.70. The monoisotopic (exact) mass is 255 g/mol. The summed E-state index contributed by atoms with van der Waals surface area (Å²) in [5.74, 6) is -0.631. The zero-order chi connectivity index (χ0) is 13.8. The number of rotatable bonds is 5. The molecule has 0 aromatic heterocycles. The standard InChI is InChI=1S/C13H25N3O2/c1-4-6-9(11(14)16-18)12(17)15-10-7-5-8-13(10,2)3/h9-10,18H,4-8H2,1-3H3,(H2,14,16)(H,15,17). The van der Waals surface area contributed by atoms with Crippen molar-refractivity contribution >= 4 is 11.7 Å². The lowest BCUT2D eigenvalue weighted by Gasteiger charge is -2.29. The van der Waals surface area contributed by atoms with E-state index in [2.05, 4.69) is 24.3 Å². The molecule has 0 saturated heterocycles. The largest absolute Gasteiger partial charge is 0.409 e. The normalized spacial score (nSPS) is 24.8. The number of carbonyl (C=O) groups is 1. The van der Waals surface area contributed by atoms with Gasteiger partial charge in [0.2, 0.25) is 5.91 Å². The molecule has 2 unspecified atom stereocenters. The van der Waals surface area contributed by atoms with Gasteiger partial charge in [-0.2, -0.15) is 0 Å². The molecule has 1 rings (SSSR count). The van der Waals surface area contributed by atoms with E-state index in [1.165, 1.54) is 0 Å². The molecule has 18 heavy (non-hydrogen) atoms. The fourth-order valence-electron chi connectivity index (χ4n) is 2.64. The number of amides is 1. The molecule has 5 heteroatoms. The van der Waals surface area contributed by atoms with Gasteiger partial charge >= 0.3 is 0 Å². The molecular weight excluding hydrogens is 230 g/mol. The first-order chi connectivity index (χ1) is 8.42. The first kappa shape index (κ1) is 14.8. The van der Waals surface area contributed by atoms with Crippen LogP contribution in [0, 0.1) is 11.3 Å². The SMILES string of the molecule is CCCC(C(=O)NC1CCCC1(C)C)C(N)=NO.